The van der Waals surface area contributed by atoms with Crippen molar-refractivity contribution in [1.29, 1.82) is 0 Å². The zero-order valence-electron chi connectivity index (χ0n) is 14.9. The Morgan fingerprint density at radius 3 is 2.57 bits per heavy atom. The molecule has 2 aromatic heterocycles. The summed E-state index contributed by atoms with van der Waals surface area (Å²) < 4.78 is 33.3. The fraction of sp³-hybridized carbons (Fsp3) is 0.150. The molecular weight excluding hydrogens is 388 g/mol. The monoisotopic (exact) mass is 403 g/mol. The summed E-state index contributed by atoms with van der Waals surface area (Å²) in [5, 5.41) is 0.721. The molecule has 0 aliphatic heterocycles. The Balaban J connectivity index is 1.80. The largest absolute Gasteiger partial charge is 0.465 e. The lowest BCUT2D eigenvalue weighted by molar-refractivity contribution is -0.0498. The Bertz CT molecular complexity index is 1060. The van der Waals surface area contributed by atoms with Crippen LogP contribution >= 0.6 is 11.3 Å². The van der Waals surface area contributed by atoms with Crippen molar-refractivity contribution in [2.24, 2.45) is 0 Å². The number of aryl methyl sites for hydroxylation is 1. The number of hydrogen-bond donors (Lipinski definition) is 0. The van der Waals surface area contributed by atoms with E-state index in [4.69, 9.17) is 4.74 Å². The fourth-order valence-electron chi connectivity index (χ4n) is 2.55. The Labute approximate surface area is 163 Å². The molecular formula is C20H15F2NO4S. The number of fused-ring (bicyclic) bond motifs is 1. The van der Waals surface area contributed by atoms with Gasteiger partial charge in [0.2, 0.25) is 0 Å². The van der Waals surface area contributed by atoms with E-state index in [9.17, 15) is 18.4 Å². The summed E-state index contributed by atoms with van der Waals surface area (Å²) in [6.45, 7) is -1.11. The minimum Gasteiger partial charge on any atom is -0.465 e. The van der Waals surface area contributed by atoms with Crippen LogP contribution in [0.15, 0.2) is 42.6 Å². The molecule has 5 nitrogen and oxygen atoms in total. The number of alkyl halides is 2. The van der Waals surface area contributed by atoms with Crippen molar-refractivity contribution in [2.75, 3.05) is 7.11 Å². The number of ketones is 1. The molecule has 0 aliphatic carbocycles. The van der Waals surface area contributed by atoms with Gasteiger partial charge in [0.05, 0.1) is 7.11 Å². The number of carbonyl (C=O) groups is 2. The van der Waals surface area contributed by atoms with Crippen LogP contribution in [0, 0.1) is 6.92 Å². The molecule has 0 aliphatic rings. The van der Waals surface area contributed by atoms with E-state index in [0.717, 1.165) is 5.39 Å². The molecule has 8 heteroatoms. The zero-order valence-corrected chi connectivity index (χ0v) is 15.8. The van der Waals surface area contributed by atoms with Crippen LogP contribution in [-0.2, 0) is 4.74 Å². The predicted octanol–water partition coefficient (Wildman–Crippen LogP) is 4.89. The zero-order chi connectivity index (χ0) is 20.3. The Hall–Kier alpha value is -3.13. The van der Waals surface area contributed by atoms with Gasteiger partial charge in [-0.1, -0.05) is 18.2 Å². The smallest absolute Gasteiger partial charge is 0.387 e. The van der Waals surface area contributed by atoms with Gasteiger partial charge in [-0.15, -0.1) is 11.3 Å². The van der Waals surface area contributed by atoms with E-state index in [1.807, 2.05) is 0 Å². The van der Waals surface area contributed by atoms with Crippen molar-refractivity contribution in [3.05, 3.63) is 64.2 Å². The van der Waals surface area contributed by atoms with E-state index in [1.165, 1.54) is 42.9 Å². The number of aromatic nitrogens is 1. The Morgan fingerprint density at radius 1 is 1.21 bits per heavy atom. The lowest BCUT2D eigenvalue weighted by atomic mass is 10.1. The second-order valence-corrected chi connectivity index (χ2v) is 6.77. The van der Waals surface area contributed by atoms with Gasteiger partial charge >= 0.3 is 12.6 Å². The number of allylic oxidation sites excluding steroid dienone is 1. The fourth-order valence-corrected chi connectivity index (χ4v) is 3.60. The van der Waals surface area contributed by atoms with Crippen molar-refractivity contribution in [3.63, 3.8) is 0 Å². The number of thiophene rings is 1. The summed E-state index contributed by atoms with van der Waals surface area (Å²) in [6, 6.07) is 7.61. The molecule has 0 saturated heterocycles. The van der Waals surface area contributed by atoms with E-state index in [2.05, 4.69) is 9.72 Å². The second kappa shape index (κ2) is 8.26. The first-order valence-corrected chi connectivity index (χ1v) is 8.95. The van der Waals surface area contributed by atoms with Crippen molar-refractivity contribution in [3.8, 4) is 5.75 Å². The summed E-state index contributed by atoms with van der Waals surface area (Å²) >= 11 is 1.21. The van der Waals surface area contributed by atoms with Gasteiger partial charge in [-0.05, 0) is 42.3 Å². The molecule has 144 valence electrons. The molecule has 0 unspecified atom stereocenters. The highest BCUT2D eigenvalue weighted by molar-refractivity contribution is 7.20. The van der Waals surface area contributed by atoms with Crippen molar-refractivity contribution in [1.82, 2.24) is 4.98 Å². The third-order valence-electron chi connectivity index (χ3n) is 3.98. The average Bonchev–Trinajstić information content (AvgIpc) is 3.02. The molecule has 3 aromatic rings. The number of rotatable bonds is 6. The van der Waals surface area contributed by atoms with Gasteiger partial charge in [-0.3, -0.25) is 4.79 Å². The number of pyridine rings is 1. The number of carbonyl (C=O) groups excluding carboxylic acids is 2. The van der Waals surface area contributed by atoms with Crippen molar-refractivity contribution >= 4 is 39.4 Å². The summed E-state index contributed by atoms with van der Waals surface area (Å²) in [7, 11) is 1.31. The number of ether oxygens (including phenoxy) is 2. The van der Waals surface area contributed by atoms with Crippen LogP contribution in [0.1, 0.15) is 31.2 Å². The quantitative estimate of drug-likeness (QED) is 0.333. The SMILES string of the molecule is COC(=O)c1sc2ncc(C(=O)/C=C/c3ccc(OC(F)F)cc3)cc2c1C. The molecule has 0 spiro atoms. The van der Waals surface area contributed by atoms with E-state index in [-0.39, 0.29) is 11.5 Å². The van der Waals surface area contributed by atoms with Crippen LogP contribution in [0.4, 0.5) is 8.78 Å². The van der Waals surface area contributed by atoms with E-state index in [0.29, 0.717) is 26.4 Å². The number of nitrogens with zero attached hydrogens (tertiary/aromatic N) is 1. The maximum absolute atomic E-state index is 12.4. The summed E-state index contributed by atoms with van der Waals surface area (Å²) in [5.41, 5.74) is 1.75. The number of halogens is 2. The minimum absolute atomic E-state index is 0.0440. The van der Waals surface area contributed by atoms with Crippen LogP contribution in [0.2, 0.25) is 0 Å². The molecule has 0 bridgehead atoms. The lowest BCUT2D eigenvalue weighted by Crippen LogP contribution is -2.01. The van der Waals surface area contributed by atoms with Gasteiger partial charge < -0.3 is 9.47 Å². The van der Waals surface area contributed by atoms with Crippen LogP contribution in [0.3, 0.4) is 0 Å². The molecule has 0 atom stereocenters. The molecule has 2 heterocycles. The number of benzene rings is 1. The highest BCUT2D eigenvalue weighted by Gasteiger charge is 2.17. The maximum Gasteiger partial charge on any atom is 0.387 e. The third kappa shape index (κ3) is 4.23. The highest BCUT2D eigenvalue weighted by atomic mass is 32.1. The van der Waals surface area contributed by atoms with E-state index in [1.54, 1.807) is 31.2 Å². The molecule has 0 saturated carbocycles. The molecule has 0 fully saturated rings. The van der Waals surface area contributed by atoms with Gasteiger partial charge in [0.25, 0.3) is 0 Å². The number of esters is 1. The van der Waals surface area contributed by atoms with Crippen LogP contribution in [0.25, 0.3) is 16.3 Å². The van der Waals surface area contributed by atoms with Crippen LogP contribution in [0.5, 0.6) is 5.75 Å². The van der Waals surface area contributed by atoms with Gasteiger partial charge in [-0.2, -0.15) is 8.78 Å². The van der Waals surface area contributed by atoms with Gasteiger partial charge in [-0.25, -0.2) is 9.78 Å². The molecule has 0 N–H and O–H groups in total. The van der Waals surface area contributed by atoms with Gasteiger partial charge in [0, 0.05) is 17.1 Å². The Morgan fingerprint density at radius 2 is 1.93 bits per heavy atom. The molecule has 28 heavy (non-hydrogen) atoms. The molecule has 0 radical (unpaired) electrons. The second-order valence-electron chi connectivity index (χ2n) is 5.77. The van der Waals surface area contributed by atoms with Crippen molar-refractivity contribution in [2.45, 2.75) is 13.5 Å². The first-order chi connectivity index (χ1) is 13.4. The predicted molar refractivity (Wildman–Crippen MR) is 102 cm³/mol. The maximum atomic E-state index is 12.4. The van der Waals surface area contributed by atoms with Gasteiger partial charge in [0.1, 0.15) is 15.5 Å². The normalized spacial score (nSPS) is 11.3. The van der Waals surface area contributed by atoms with E-state index >= 15 is 0 Å². The van der Waals surface area contributed by atoms with Gasteiger partial charge in [0.15, 0.2) is 5.78 Å². The summed E-state index contributed by atoms with van der Waals surface area (Å²) in [6.07, 6.45) is 4.39. The van der Waals surface area contributed by atoms with Crippen molar-refractivity contribution < 1.29 is 27.8 Å². The third-order valence-corrected chi connectivity index (χ3v) is 5.18. The molecule has 1 aromatic carbocycles. The average molecular weight is 403 g/mol. The first-order valence-electron chi connectivity index (χ1n) is 8.14. The summed E-state index contributed by atoms with van der Waals surface area (Å²) in [4.78, 5) is 29.6. The first kappa shape index (κ1) is 19.6. The van der Waals surface area contributed by atoms with E-state index < -0.39 is 12.6 Å². The lowest BCUT2D eigenvalue weighted by Gasteiger charge is -2.03. The molecule has 3 rings (SSSR count). The topological polar surface area (TPSA) is 65.5 Å². The number of methoxy groups -OCH3 is 1. The standard InChI is InChI=1S/C20H15F2NO4S/c1-11-15-9-13(10-23-18(15)28-17(11)19(25)26-2)16(24)8-5-12-3-6-14(7-4-12)27-20(21)22/h3-10,20H,1-2H3/b8-5+. The van der Waals surface area contributed by atoms with Crippen LogP contribution in [-0.4, -0.2) is 30.5 Å². The summed E-state index contributed by atoms with van der Waals surface area (Å²) in [5.74, 6) is -0.664. The van der Waals surface area contributed by atoms with Crippen LogP contribution < -0.4 is 4.74 Å². The minimum atomic E-state index is -2.88. The molecule has 0 amide bonds. The Kier molecular flexibility index (Phi) is 5.79. The number of hydrogen-bond acceptors (Lipinski definition) is 6. The highest BCUT2D eigenvalue weighted by Crippen LogP contribution is 2.30.